The molecule has 21 heavy (non-hydrogen) atoms. The van der Waals surface area contributed by atoms with Crippen LogP contribution in [0.4, 0.5) is 5.69 Å². The number of hydrogen-bond donors (Lipinski definition) is 2. The Bertz CT molecular complexity index is 807. The molecule has 0 atom stereocenters. The summed E-state index contributed by atoms with van der Waals surface area (Å²) in [6, 6.07) is 13.5. The molecule has 106 valence electrons. The molecule has 0 fully saturated rings. The Kier molecular flexibility index (Phi) is 3.67. The van der Waals surface area contributed by atoms with Gasteiger partial charge in [0.1, 0.15) is 0 Å². The molecule has 0 spiro atoms. The zero-order valence-corrected chi connectivity index (χ0v) is 12.4. The third kappa shape index (κ3) is 2.93. The molecule has 0 bridgehead atoms. The van der Waals surface area contributed by atoms with E-state index in [1.54, 1.807) is 0 Å². The van der Waals surface area contributed by atoms with Gasteiger partial charge in [0, 0.05) is 22.4 Å². The predicted octanol–water partition coefficient (Wildman–Crippen LogP) is 4.31. The number of nitrogens with one attached hydrogen (secondary N) is 2. The summed E-state index contributed by atoms with van der Waals surface area (Å²) < 4.78 is 0. The van der Waals surface area contributed by atoms with Gasteiger partial charge in [-0.25, -0.2) is 0 Å². The largest absolute Gasteiger partial charge is 0.361 e. The molecule has 3 nitrogen and oxygen atoms in total. The molecule has 0 aliphatic rings. The lowest BCUT2D eigenvalue weighted by Gasteiger charge is -2.09. The van der Waals surface area contributed by atoms with Crippen LogP contribution in [0.1, 0.15) is 11.1 Å². The molecule has 2 N–H and O–H groups in total. The van der Waals surface area contributed by atoms with E-state index < -0.39 is 0 Å². The molecule has 4 heteroatoms. The fraction of sp³-hybridized carbons (Fsp3) is 0.118. The van der Waals surface area contributed by atoms with Gasteiger partial charge in [-0.2, -0.15) is 0 Å². The van der Waals surface area contributed by atoms with Crippen LogP contribution >= 0.6 is 11.6 Å². The molecule has 1 heterocycles. The zero-order chi connectivity index (χ0) is 14.8. The Labute approximate surface area is 127 Å². The van der Waals surface area contributed by atoms with E-state index in [-0.39, 0.29) is 5.91 Å². The van der Waals surface area contributed by atoms with E-state index in [9.17, 15) is 4.79 Å². The average Bonchev–Trinajstić information content (AvgIpc) is 2.91. The Morgan fingerprint density at radius 1 is 1.24 bits per heavy atom. The molecule has 0 unspecified atom stereocenters. The van der Waals surface area contributed by atoms with Gasteiger partial charge in [0.2, 0.25) is 5.91 Å². The van der Waals surface area contributed by atoms with Gasteiger partial charge >= 0.3 is 0 Å². The second-order valence-corrected chi connectivity index (χ2v) is 5.44. The summed E-state index contributed by atoms with van der Waals surface area (Å²) in [5.74, 6) is -0.0497. The SMILES string of the molecule is Cc1c(Cl)cccc1NC(=O)Cc1ccc2cc[nH]c2c1. The molecular weight excluding hydrogens is 284 g/mol. The maximum atomic E-state index is 12.2. The van der Waals surface area contributed by atoms with Crippen LogP contribution in [0.25, 0.3) is 10.9 Å². The van der Waals surface area contributed by atoms with Crippen LogP contribution in [0, 0.1) is 6.92 Å². The van der Waals surface area contributed by atoms with Crippen molar-refractivity contribution in [3.05, 3.63) is 64.8 Å². The highest BCUT2D eigenvalue weighted by atomic mass is 35.5. The summed E-state index contributed by atoms with van der Waals surface area (Å²) in [5, 5.41) is 4.70. The smallest absolute Gasteiger partial charge is 0.228 e. The van der Waals surface area contributed by atoms with Gasteiger partial charge in [-0.05, 0) is 47.7 Å². The van der Waals surface area contributed by atoms with Crippen LogP contribution in [0.15, 0.2) is 48.7 Å². The zero-order valence-electron chi connectivity index (χ0n) is 11.6. The first kappa shape index (κ1) is 13.7. The molecule has 0 saturated heterocycles. The molecule has 0 radical (unpaired) electrons. The van der Waals surface area contributed by atoms with Gasteiger partial charge in [0.25, 0.3) is 0 Å². The number of aromatic amines is 1. The fourth-order valence-corrected chi connectivity index (χ4v) is 2.50. The number of anilines is 1. The number of H-pyrrole nitrogens is 1. The normalized spacial score (nSPS) is 10.8. The number of fused-ring (bicyclic) bond motifs is 1. The van der Waals surface area contributed by atoms with Gasteiger partial charge in [-0.3, -0.25) is 4.79 Å². The van der Waals surface area contributed by atoms with Gasteiger partial charge < -0.3 is 10.3 Å². The first-order valence-electron chi connectivity index (χ1n) is 6.74. The summed E-state index contributed by atoms with van der Waals surface area (Å²) in [5.41, 5.74) is 3.65. The second kappa shape index (κ2) is 5.62. The first-order valence-corrected chi connectivity index (χ1v) is 7.12. The lowest BCUT2D eigenvalue weighted by Crippen LogP contribution is -2.15. The number of rotatable bonds is 3. The topological polar surface area (TPSA) is 44.9 Å². The molecule has 0 aliphatic heterocycles. The minimum atomic E-state index is -0.0497. The predicted molar refractivity (Wildman–Crippen MR) is 86.8 cm³/mol. The Balaban J connectivity index is 1.75. The summed E-state index contributed by atoms with van der Waals surface area (Å²) in [7, 11) is 0. The Morgan fingerprint density at radius 2 is 2.10 bits per heavy atom. The van der Waals surface area contributed by atoms with E-state index in [1.165, 1.54) is 0 Å². The van der Waals surface area contributed by atoms with E-state index in [2.05, 4.69) is 10.3 Å². The summed E-state index contributed by atoms with van der Waals surface area (Å²) in [4.78, 5) is 15.3. The van der Waals surface area contributed by atoms with Crippen molar-refractivity contribution < 1.29 is 4.79 Å². The third-order valence-electron chi connectivity index (χ3n) is 3.53. The van der Waals surface area contributed by atoms with E-state index in [0.717, 1.165) is 27.7 Å². The molecule has 1 aromatic heterocycles. The number of hydrogen-bond acceptors (Lipinski definition) is 1. The number of halogens is 1. The number of benzene rings is 2. The van der Waals surface area contributed by atoms with E-state index in [4.69, 9.17) is 11.6 Å². The number of carbonyl (C=O) groups is 1. The first-order chi connectivity index (χ1) is 10.1. The standard InChI is InChI=1S/C17H15ClN2O/c1-11-14(18)3-2-4-15(11)20-17(21)10-12-5-6-13-7-8-19-16(13)9-12/h2-9,19H,10H2,1H3,(H,20,21). The summed E-state index contributed by atoms with van der Waals surface area (Å²) >= 11 is 6.05. The molecular formula is C17H15ClN2O. The van der Waals surface area contributed by atoms with E-state index in [0.29, 0.717) is 11.4 Å². The number of carbonyl (C=O) groups excluding carboxylic acids is 1. The second-order valence-electron chi connectivity index (χ2n) is 5.04. The lowest BCUT2D eigenvalue weighted by atomic mass is 10.1. The van der Waals surface area contributed by atoms with Crippen LogP contribution < -0.4 is 5.32 Å². The molecule has 0 aliphatic carbocycles. The van der Waals surface area contributed by atoms with Gasteiger partial charge in [-0.1, -0.05) is 29.8 Å². The number of amides is 1. The highest BCUT2D eigenvalue weighted by Crippen LogP contribution is 2.23. The van der Waals surface area contributed by atoms with Crippen molar-refractivity contribution in [1.29, 1.82) is 0 Å². The Morgan fingerprint density at radius 3 is 2.95 bits per heavy atom. The van der Waals surface area contributed by atoms with Crippen LogP contribution in [0.5, 0.6) is 0 Å². The van der Waals surface area contributed by atoms with Crippen molar-refractivity contribution in [2.45, 2.75) is 13.3 Å². The summed E-state index contributed by atoms with van der Waals surface area (Å²) in [6.07, 6.45) is 2.23. The maximum absolute atomic E-state index is 12.2. The van der Waals surface area contributed by atoms with Crippen molar-refractivity contribution in [2.24, 2.45) is 0 Å². The fourth-order valence-electron chi connectivity index (χ4n) is 2.33. The monoisotopic (exact) mass is 298 g/mol. The van der Waals surface area contributed by atoms with Crippen LogP contribution in [-0.2, 0) is 11.2 Å². The summed E-state index contributed by atoms with van der Waals surface area (Å²) in [6.45, 7) is 1.89. The molecule has 3 aromatic rings. The van der Waals surface area contributed by atoms with Crippen molar-refractivity contribution in [2.75, 3.05) is 5.32 Å². The van der Waals surface area contributed by atoms with Gasteiger partial charge in [-0.15, -0.1) is 0 Å². The molecule has 0 saturated carbocycles. The molecule has 3 rings (SSSR count). The highest BCUT2D eigenvalue weighted by Gasteiger charge is 2.08. The molecule has 2 aromatic carbocycles. The van der Waals surface area contributed by atoms with Crippen molar-refractivity contribution in [3.8, 4) is 0 Å². The van der Waals surface area contributed by atoms with Crippen LogP contribution in [0.2, 0.25) is 5.02 Å². The number of aromatic nitrogens is 1. The quantitative estimate of drug-likeness (QED) is 0.743. The van der Waals surface area contributed by atoms with Crippen molar-refractivity contribution >= 4 is 34.1 Å². The van der Waals surface area contributed by atoms with Crippen molar-refractivity contribution in [1.82, 2.24) is 4.98 Å². The van der Waals surface area contributed by atoms with Gasteiger partial charge in [0.15, 0.2) is 0 Å². The van der Waals surface area contributed by atoms with Crippen LogP contribution in [0.3, 0.4) is 0 Å². The third-order valence-corrected chi connectivity index (χ3v) is 3.94. The van der Waals surface area contributed by atoms with Gasteiger partial charge in [0.05, 0.1) is 6.42 Å². The van der Waals surface area contributed by atoms with E-state index >= 15 is 0 Å². The van der Waals surface area contributed by atoms with E-state index in [1.807, 2.05) is 55.6 Å². The average molecular weight is 299 g/mol. The maximum Gasteiger partial charge on any atom is 0.228 e. The lowest BCUT2D eigenvalue weighted by molar-refractivity contribution is -0.115. The van der Waals surface area contributed by atoms with Crippen molar-refractivity contribution in [3.63, 3.8) is 0 Å². The highest BCUT2D eigenvalue weighted by molar-refractivity contribution is 6.31. The van der Waals surface area contributed by atoms with Crippen LogP contribution in [-0.4, -0.2) is 10.9 Å². The minimum absolute atomic E-state index is 0.0497. The Hall–Kier alpha value is -2.26. The minimum Gasteiger partial charge on any atom is -0.361 e. The molecule has 1 amide bonds.